The predicted molar refractivity (Wildman–Crippen MR) is 123 cm³/mol. The van der Waals surface area contributed by atoms with E-state index in [1.807, 2.05) is 0 Å². The smallest absolute Gasteiger partial charge is 0.251 e. The lowest BCUT2D eigenvalue weighted by Crippen LogP contribution is -2.23. The van der Waals surface area contributed by atoms with Crippen LogP contribution < -0.4 is 16.2 Å². The van der Waals surface area contributed by atoms with Crippen LogP contribution in [-0.4, -0.2) is 56.8 Å². The minimum atomic E-state index is -0.616. The fourth-order valence-corrected chi connectivity index (χ4v) is 3.78. The van der Waals surface area contributed by atoms with Crippen molar-refractivity contribution in [2.45, 2.75) is 12.8 Å². The zero-order valence-electron chi connectivity index (χ0n) is 18.4. The summed E-state index contributed by atoms with van der Waals surface area (Å²) in [6.45, 7) is 3.06. The molecule has 1 atom stereocenters. The molecule has 172 valence electrons. The Bertz CT molecular complexity index is 1290. The Kier molecular flexibility index (Phi) is 6.67. The summed E-state index contributed by atoms with van der Waals surface area (Å²) >= 11 is 0. The number of likely N-dealkylation sites (tertiary alicyclic amines) is 1. The van der Waals surface area contributed by atoms with Gasteiger partial charge in [0.25, 0.3) is 5.91 Å². The van der Waals surface area contributed by atoms with Crippen LogP contribution in [0.1, 0.15) is 28.8 Å². The van der Waals surface area contributed by atoms with Crippen molar-refractivity contribution < 1.29 is 9.53 Å². The standard InChI is InChI=1S/C23H23N9O2/c24-9-15-4-6-31(13-15)5-1-7-34-20-3-2-16(8-17(20)10-25)19-12-28-21(26)23(30-19)32-14-18(11-29-32)22(27)33/h2-3,8,11-12,14-15H,1,4-7,13H2,(H2,26,28)(H2,27,33). The summed E-state index contributed by atoms with van der Waals surface area (Å²) in [6, 6.07) is 9.67. The number of carbonyl (C=O) groups excluding carboxylic acids is 1. The van der Waals surface area contributed by atoms with Gasteiger partial charge < -0.3 is 21.1 Å². The normalized spacial score (nSPS) is 15.5. The summed E-state index contributed by atoms with van der Waals surface area (Å²) in [5.74, 6) is 0.361. The quantitative estimate of drug-likeness (QED) is 0.475. The van der Waals surface area contributed by atoms with Gasteiger partial charge in [0.05, 0.1) is 47.8 Å². The lowest BCUT2D eigenvalue weighted by molar-refractivity contribution is 0.100. The molecular formula is C23H23N9O2. The van der Waals surface area contributed by atoms with Gasteiger partial charge in [-0.25, -0.2) is 14.6 Å². The number of hydrogen-bond donors (Lipinski definition) is 2. The maximum absolute atomic E-state index is 11.4. The van der Waals surface area contributed by atoms with Gasteiger partial charge in [0, 0.05) is 24.8 Å². The third kappa shape index (κ3) is 4.95. The first kappa shape index (κ1) is 22.7. The Hall–Kier alpha value is -4.48. The summed E-state index contributed by atoms with van der Waals surface area (Å²) < 4.78 is 7.17. The highest BCUT2D eigenvalue weighted by Crippen LogP contribution is 2.27. The van der Waals surface area contributed by atoms with Gasteiger partial charge >= 0.3 is 0 Å². The number of carbonyl (C=O) groups is 1. The number of nitriles is 2. The van der Waals surface area contributed by atoms with Gasteiger partial charge in [-0.3, -0.25) is 4.79 Å². The van der Waals surface area contributed by atoms with Gasteiger partial charge in [-0.15, -0.1) is 0 Å². The van der Waals surface area contributed by atoms with E-state index in [1.165, 1.54) is 23.3 Å². The summed E-state index contributed by atoms with van der Waals surface area (Å²) in [5, 5.41) is 22.7. The molecular weight excluding hydrogens is 434 g/mol. The summed E-state index contributed by atoms with van der Waals surface area (Å²) in [5.41, 5.74) is 13.0. The van der Waals surface area contributed by atoms with E-state index in [2.05, 4.69) is 32.1 Å². The lowest BCUT2D eigenvalue weighted by atomic mass is 10.1. The molecule has 1 aromatic carbocycles. The number of rotatable bonds is 8. The van der Waals surface area contributed by atoms with E-state index in [4.69, 9.17) is 21.5 Å². The molecule has 11 heteroatoms. The van der Waals surface area contributed by atoms with E-state index in [0.717, 1.165) is 32.5 Å². The van der Waals surface area contributed by atoms with Crippen LogP contribution >= 0.6 is 0 Å². The van der Waals surface area contributed by atoms with Crippen LogP contribution in [0.15, 0.2) is 36.8 Å². The average molecular weight is 457 g/mol. The van der Waals surface area contributed by atoms with Gasteiger partial charge in [-0.05, 0) is 37.6 Å². The van der Waals surface area contributed by atoms with E-state index < -0.39 is 5.91 Å². The van der Waals surface area contributed by atoms with Crippen LogP contribution in [-0.2, 0) is 0 Å². The van der Waals surface area contributed by atoms with Gasteiger partial charge in [0.2, 0.25) is 0 Å². The Balaban J connectivity index is 1.45. The fourth-order valence-electron chi connectivity index (χ4n) is 3.78. The van der Waals surface area contributed by atoms with Crippen LogP contribution in [0.25, 0.3) is 17.1 Å². The van der Waals surface area contributed by atoms with Crippen LogP contribution in [0.4, 0.5) is 5.82 Å². The molecule has 1 unspecified atom stereocenters. The molecule has 3 heterocycles. The summed E-state index contributed by atoms with van der Waals surface area (Å²) in [4.78, 5) is 22.3. The fraction of sp³-hybridized carbons (Fsp3) is 0.304. The Labute approximate surface area is 196 Å². The highest BCUT2D eigenvalue weighted by atomic mass is 16.5. The Morgan fingerprint density at radius 2 is 2.15 bits per heavy atom. The van der Waals surface area contributed by atoms with Crippen LogP contribution in [0.3, 0.4) is 0 Å². The summed E-state index contributed by atoms with van der Waals surface area (Å²) in [6.07, 6.45) is 5.96. The number of primary amides is 1. The van der Waals surface area contributed by atoms with E-state index in [1.54, 1.807) is 18.2 Å². The first-order chi connectivity index (χ1) is 16.5. The first-order valence-corrected chi connectivity index (χ1v) is 10.7. The van der Waals surface area contributed by atoms with Gasteiger partial charge in [0.15, 0.2) is 11.6 Å². The number of nitrogens with zero attached hydrogens (tertiary/aromatic N) is 7. The second-order valence-corrected chi connectivity index (χ2v) is 7.94. The number of nitrogen functional groups attached to an aromatic ring is 1. The highest BCUT2D eigenvalue weighted by Gasteiger charge is 2.21. The van der Waals surface area contributed by atoms with Crippen molar-refractivity contribution >= 4 is 11.7 Å². The molecule has 1 amide bonds. The zero-order valence-corrected chi connectivity index (χ0v) is 18.4. The van der Waals surface area contributed by atoms with Crippen molar-refractivity contribution in [3.63, 3.8) is 0 Å². The minimum Gasteiger partial charge on any atom is -0.492 e. The highest BCUT2D eigenvalue weighted by molar-refractivity contribution is 5.92. The SMILES string of the molecule is N#Cc1cc(-c2cnc(N)c(-n3cc(C(N)=O)cn3)n2)ccc1OCCCN1CCC(C#N)C1. The summed E-state index contributed by atoms with van der Waals surface area (Å²) in [7, 11) is 0. The molecule has 3 aromatic rings. The molecule has 0 saturated carbocycles. The third-order valence-electron chi connectivity index (χ3n) is 5.59. The van der Waals surface area contributed by atoms with Gasteiger partial charge in [-0.1, -0.05) is 0 Å². The molecule has 0 aliphatic carbocycles. The van der Waals surface area contributed by atoms with Crippen LogP contribution in [0, 0.1) is 28.6 Å². The lowest BCUT2D eigenvalue weighted by Gasteiger charge is -2.15. The molecule has 4 N–H and O–H groups in total. The largest absolute Gasteiger partial charge is 0.492 e. The topological polar surface area (TPSA) is 173 Å². The molecule has 0 bridgehead atoms. The van der Waals surface area contributed by atoms with E-state index >= 15 is 0 Å². The molecule has 0 radical (unpaired) electrons. The van der Waals surface area contributed by atoms with Crippen molar-refractivity contribution in [3.8, 4) is 35.0 Å². The Morgan fingerprint density at radius 1 is 1.29 bits per heavy atom. The van der Waals surface area contributed by atoms with Gasteiger partial charge in [-0.2, -0.15) is 15.6 Å². The second kappa shape index (κ2) is 9.98. The van der Waals surface area contributed by atoms with Crippen molar-refractivity contribution in [2.24, 2.45) is 11.7 Å². The molecule has 4 rings (SSSR count). The predicted octanol–water partition coefficient (Wildman–Crippen LogP) is 1.50. The second-order valence-electron chi connectivity index (χ2n) is 7.94. The monoisotopic (exact) mass is 457 g/mol. The van der Waals surface area contributed by atoms with E-state index in [9.17, 15) is 10.1 Å². The van der Waals surface area contributed by atoms with Gasteiger partial charge in [0.1, 0.15) is 11.8 Å². The number of hydrogen-bond acceptors (Lipinski definition) is 9. The zero-order chi connectivity index (χ0) is 24.1. The molecule has 1 aliphatic heterocycles. The average Bonchev–Trinajstić information content (AvgIpc) is 3.52. The van der Waals surface area contributed by atoms with Crippen molar-refractivity contribution in [1.29, 1.82) is 10.5 Å². The maximum atomic E-state index is 11.4. The van der Waals surface area contributed by atoms with Crippen LogP contribution in [0.5, 0.6) is 5.75 Å². The number of amides is 1. The molecule has 1 saturated heterocycles. The number of benzene rings is 1. The molecule has 11 nitrogen and oxygen atoms in total. The molecule has 34 heavy (non-hydrogen) atoms. The molecule has 0 spiro atoms. The van der Waals surface area contributed by atoms with Crippen molar-refractivity contribution in [3.05, 3.63) is 47.9 Å². The first-order valence-electron chi connectivity index (χ1n) is 10.7. The maximum Gasteiger partial charge on any atom is 0.251 e. The van der Waals surface area contributed by atoms with E-state index in [0.29, 0.717) is 29.2 Å². The van der Waals surface area contributed by atoms with E-state index in [-0.39, 0.29) is 23.1 Å². The van der Waals surface area contributed by atoms with Crippen LogP contribution in [0.2, 0.25) is 0 Å². The number of ether oxygens (including phenoxy) is 1. The number of aromatic nitrogens is 4. The number of anilines is 1. The Morgan fingerprint density at radius 3 is 2.85 bits per heavy atom. The molecule has 1 fully saturated rings. The molecule has 1 aliphatic rings. The van der Waals surface area contributed by atoms with Crippen molar-refractivity contribution in [1.82, 2.24) is 24.6 Å². The molecule has 2 aromatic heterocycles. The number of nitrogens with two attached hydrogens (primary N) is 2. The minimum absolute atomic E-state index is 0.120. The van der Waals surface area contributed by atoms with Crippen molar-refractivity contribution in [2.75, 3.05) is 32.0 Å². The third-order valence-corrected chi connectivity index (χ3v) is 5.59.